The van der Waals surface area contributed by atoms with Gasteiger partial charge in [-0.2, -0.15) is 0 Å². The first-order chi connectivity index (χ1) is 10.5. The second-order valence-corrected chi connectivity index (χ2v) is 5.65. The fourth-order valence-corrected chi connectivity index (χ4v) is 2.96. The lowest BCUT2D eigenvalue weighted by Crippen LogP contribution is -2.39. The van der Waals surface area contributed by atoms with E-state index >= 15 is 0 Å². The van der Waals surface area contributed by atoms with E-state index in [0.29, 0.717) is 30.8 Å². The van der Waals surface area contributed by atoms with Gasteiger partial charge in [-0.25, -0.2) is 9.18 Å². The summed E-state index contributed by atoms with van der Waals surface area (Å²) in [7, 11) is 0. The molecular weight excluding hydrogens is 309 g/mol. The lowest BCUT2D eigenvalue weighted by Gasteiger charge is -2.27. The van der Waals surface area contributed by atoms with Crippen LogP contribution in [0.3, 0.4) is 0 Å². The molecule has 5 nitrogen and oxygen atoms in total. The van der Waals surface area contributed by atoms with E-state index in [4.69, 9.17) is 11.6 Å². The van der Waals surface area contributed by atoms with E-state index < -0.39 is 11.5 Å². The Labute approximate surface area is 130 Å². The molecule has 0 unspecified atom stereocenters. The maximum Gasteiger partial charge on any atom is 0.329 e. The smallest absolute Gasteiger partial charge is 0.329 e. The van der Waals surface area contributed by atoms with Crippen LogP contribution in [-0.2, 0) is 13.0 Å². The number of hydrogen-bond acceptors (Lipinski definition) is 3. The zero-order valence-corrected chi connectivity index (χ0v) is 12.7. The molecule has 0 radical (unpaired) electrons. The molecule has 1 aromatic heterocycles. The molecule has 0 saturated heterocycles. The fourth-order valence-electron chi connectivity index (χ4n) is 2.77. The molecule has 1 aromatic carbocycles. The van der Waals surface area contributed by atoms with Gasteiger partial charge in [0.15, 0.2) is 0 Å². The topological polar surface area (TPSA) is 66.9 Å². The summed E-state index contributed by atoms with van der Waals surface area (Å²) < 4.78 is 14.4. The molecule has 0 bridgehead atoms. The number of H-pyrrole nitrogens is 1. The van der Waals surface area contributed by atoms with Crippen molar-refractivity contribution in [1.82, 2.24) is 9.55 Å². The summed E-state index contributed by atoms with van der Waals surface area (Å²) in [4.78, 5) is 26.8. The van der Waals surface area contributed by atoms with Gasteiger partial charge in [0.2, 0.25) is 0 Å². The first kappa shape index (κ1) is 14.8. The molecule has 1 atom stereocenters. The summed E-state index contributed by atoms with van der Waals surface area (Å²) >= 11 is 5.81. The van der Waals surface area contributed by atoms with Crippen molar-refractivity contribution in [2.45, 2.75) is 32.4 Å². The summed E-state index contributed by atoms with van der Waals surface area (Å²) in [6.45, 7) is 2.08. The van der Waals surface area contributed by atoms with Gasteiger partial charge < -0.3 is 5.32 Å². The van der Waals surface area contributed by atoms with Crippen LogP contribution in [0.25, 0.3) is 0 Å². The minimum absolute atomic E-state index is 0.0555. The number of anilines is 1. The SMILES string of the molecule is CCn1c(=O)[nH]c2c(c1=O)CC[C@H](c1ccc(F)c(Cl)c1)N2. The first-order valence-electron chi connectivity index (χ1n) is 7.08. The van der Waals surface area contributed by atoms with Crippen molar-refractivity contribution >= 4 is 17.4 Å². The van der Waals surface area contributed by atoms with Crippen molar-refractivity contribution in [3.8, 4) is 0 Å². The molecule has 0 amide bonds. The van der Waals surface area contributed by atoms with Gasteiger partial charge >= 0.3 is 5.69 Å². The van der Waals surface area contributed by atoms with Gasteiger partial charge in [0.25, 0.3) is 5.56 Å². The average Bonchev–Trinajstić information content (AvgIpc) is 2.50. The third-order valence-corrected chi connectivity index (χ3v) is 4.24. The molecule has 0 spiro atoms. The largest absolute Gasteiger partial charge is 0.364 e. The number of aromatic nitrogens is 2. The van der Waals surface area contributed by atoms with Crippen LogP contribution in [0.15, 0.2) is 27.8 Å². The Hall–Kier alpha value is -2.08. The van der Waals surface area contributed by atoms with Crippen molar-refractivity contribution in [2.75, 3.05) is 5.32 Å². The molecule has 22 heavy (non-hydrogen) atoms. The predicted octanol–water partition coefficient (Wildman–Crippen LogP) is 2.45. The Balaban J connectivity index is 1.99. The summed E-state index contributed by atoms with van der Waals surface area (Å²) in [6.07, 6.45) is 1.21. The maximum atomic E-state index is 13.3. The highest BCUT2D eigenvalue weighted by Crippen LogP contribution is 2.30. The van der Waals surface area contributed by atoms with E-state index in [-0.39, 0.29) is 16.6 Å². The zero-order valence-electron chi connectivity index (χ0n) is 12.0. The van der Waals surface area contributed by atoms with E-state index in [1.807, 2.05) is 0 Å². The molecule has 2 aromatic rings. The fraction of sp³-hybridized carbons (Fsp3) is 0.333. The number of rotatable bonds is 2. The van der Waals surface area contributed by atoms with Gasteiger partial charge in [-0.15, -0.1) is 0 Å². The maximum absolute atomic E-state index is 13.3. The number of nitrogens with zero attached hydrogens (tertiary/aromatic N) is 1. The van der Waals surface area contributed by atoms with Crippen LogP contribution in [0, 0.1) is 5.82 Å². The van der Waals surface area contributed by atoms with Crippen LogP contribution in [0.5, 0.6) is 0 Å². The Kier molecular flexibility index (Phi) is 3.78. The van der Waals surface area contributed by atoms with Crippen molar-refractivity contribution in [3.05, 3.63) is 61.0 Å². The summed E-state index contributed by atoms with van der Waals surface area (Å²) in [5.41, 5.74) is 0.698. The highest BCUT2D eigenvalue weighted by molar-refractivity contribution is 6.30. The number of halogens is 2. The summed E-state index contributed by atoms with van der Waals surface area (Å²) in [5, 5.41) is 3.20. The average molecular weight is 324 g/mol. The first-order valence-corrected chi connectivity index (χ1v) is 7.46. The molecule has 116 valence electrons. The molecule has 0 saturated carbocycles. The van der Waals surface area contributed by atoms with Gasteiger partial charge in [0.05, 0.1) is 16.6 Å². The third-order valence-electron chi connectivity index (χ3n) is 3.95. The molecule has 2 N–H and O–H groups in total. The van der Waals surface area contributed by atoms with Crippen LogP contribution >= 0.6 is 11.6 Å². The lowest BCUT2D eigenvalue weighted by atomic mass is 9.96. The predicted molar refractivity (Wildman–Crippen MR) is 83.1 cm³/mol. The van der Waals surface area contributed by atoms with Crippen LogP contribution in [0.4, 0.5) is 10.2 Å². The minimum Gasteiger partial charge on any atom is -0.364 e. The van der Waals surface area contributed by atoms with Crippen molar-refractivity contribution < 1.29 is 4.39 Å². The van der Waals surface area contributed by atoms with Crippen LogP contribution in [-0.4, -0.2) is 9.55 Å². The molecule has 1 aliphatic rings. The van der Waals surface area contributed by atoms with Crippen molar-refractivity contribution in [2.24, 2.45) is 0 Å². The minimum atomic E-state index is -0.471. The highest BCUT2D eigenvalue weighted by atomic mass is 35.5. The number of nitrogens with one attached hydrogen (secondary N) is 2. The van der Waals surface area contributed by atoms with E-state index in [9.17, 15) is 14.0 Å². The van der Waals surface area contributed by atoms with Gasteiger partial charge in [-0.05, 0) is 37.5 Å². The molecule has 2 heterocycles. The quantitative estimate of drug-likeness (QED) is 0.892. The van der Waals surface area contributed by atoms with Gasteiger partial charge in [-0.3, -0.25) is 14.3 Å². The summed E-state index contributed by atoms with van der Waals surface area (Å²) in [6, 6.07) is 4.39. The number of benzene rings is 1. The molecular formula is C15H15ClFN3O2. The van der Waals surface area contributed by atoms with E-state index in [2.05, 4.69) is 10.3 Å². The number of fused-ring (bicyclic) bond motifs is 1. The lowest BCUT2D eigenvalue weighted by molar-refractivity contribution is 0.605. The van der Waals surface area contributed by atoms with Crippen molar-refractivity contribution in [1.29, 1.82) is 0 Å². The molecule has 3 rings (SSSR count). The third kappa shape index (κ3) is 2.43. The standard InChI is InChI=1S/C15H15ClFN3O2/c1-2-20-14(21)9-4-6-12(18-13(9)19-15(20)22)8-3-5-11(17)10(16)7-8/h3,5,7,12,18H,2,4,6H2,1H3,(H,19,22)/t12-/m1/s1. The number of aromatic amines is 1. The normalized spacial score (nSPS) is 17.0. The highest BCUT2D eigenvalue weighted by Gasteiger charge is 2.24. The zero-order chi connectivity index (χ0) is 15.9. The Morgan fingerprint density at radius 3 is 2.86 bits per heavy atom. The van der Waals surface area contributed by atoms with E-state index in [1.165, 1.54) is 10.6 Å². The second kappa shape index (κ2) is 5.61. The van der Waals surface area contributed by atoms with Gasteiger partial charge in [-0.1, -0.05) is 17.7 Å². The Bertz CT molecular complexity index is 844. The molecule has 0 fully saturated rings. The van der Waals surface area contributed by atoms with Gasteiger partial charge in [0.1, 0.15) is 11.6 Å². The molecule has 7 heteroatoms. The molecule has 0 aliphatic carbocycles. The van der Waals surface area contributed by atoms with Crippen LogP contribution < -0.4 is 16.6 Å². The summed E-state index contributed by atoms with van der Waals surface area (Å²) in [5.74, 6) is -0.0303. The van der Waals surface area contributed by atoms with Crippen LogP contribution in [0.2, 0.25) is 5.02 Å². The Morgan fingerprint density at radius 2 is 2.18 bits per heavy atom. The second-order valence-electron chi connectivity index (χ2n) is 5.24. The molecule has 1 aliphatic heterocycles. The van der Waals surface area contributed by atoms with Gasteiger partial charge in [0, 0.05) is 6.54 Å². The van der Waals surface area contributed by atoms with Crippen LogP contribution in [0.1, 0.15) is 30.5 Å². The number of hydrogen-bond donors (Lipinski definition) is 2. The monoisotopic (exact) mass is 323 g/mol. The van der Waals surface area contributed by atoms with Crippen molar-refractivity contribution in [3.63, 3.8) is 0 Å². The Morgan fingerprint density at radius 1 is 1.41 bits per heavy atom. The van der Waals surface area contributed by atoms with E-state index in [1.54, 1.807) is 19.1 Å². The van der Waals surface area contributed by atoms with E-state index in [0.717, 1.165) is 5.56 Å².